The van der Waals surface area contributed by atoms with Crippen LogP contribution in [0.2, 0.25) is 0 Å². The highest BCUT2D eigenvalue weighted by Gasteiger charge is 2.04. The van der Waals surface area contributed by atoms with E-state index in [1.54, 1.807) is 18.3 Å². The Balaban J connectivity index is 3.09. The lowest BCUT2D eigenvalue weighted by atomic mass is 10.2. The van der Waals surface area contributed by atoms with Gasteiger partial charge in [-0.1, -0.05) is 11.6 Å². The molecule has 1 rings (SSSR count). The highest BCUT2D eigenvalue weighted by Crippen LogP contribution is 2.27. The van der Waals surface area contributed by atoms with Gasteiger partial charge in [-0.2, -0.15) is 5.26 Å². The Labute approximate surface area is 93.8 Å². The molecular weight excluding hydrogens is 305 g/mol. The van der Waals surface area contributed by atoms with E-state index in [1.165, 1.54) is 2.88 Å². The number of hydrogen-bond acceptors (Lipinski definition) is 2. The predicted octanol–water partition coefficient (Wildman–Crippen LogP) is 3.85. The van der Waals surface area contributed by atoms with Gasteiger partial charge in [0, 0.05) is 16.5 Å². The summed E-state index contributed by atoms with van der Waals surface area (Å²) < 4.78 is 1.17. The van der Waals surface area contributed by atoms with Crippen molar-refractivity contribution >= 4 is 50.6 Å². The molecule has 1 aromatic rings. The third kappa shape index (κ3) is 2.22. The van der Waals surface area contributed by atoms with Crippen LogP contribution in [0.4, 0.5) is 0 Å². The maximum Gasteiger partial charge on any atom is 0.0959 e. The smallest absolute Gasteiger partial charge is 0.0959 e. The number of hydrogen-bond donors (Lipinski definition) is 0. The number of nitriles is 1. The van der Waals surface area contributed by atoms with Crippen LogP contribution in [0.5, 0.6) is 0 Å². The number of rotatable bonds is 1. The van der Waals surface area contributed by atoms with Crippen LogP contribution in [0, 0.1) is 14.2 Å². The second-order valence-electron chi connectivity index (χ2n) is 2.19. The minimum absolute atomic E-state index is 0.552. The Kier molecular flexibility index (Phi) is 3.56. The van der Waals surface area contributed by atoms with Gasteiger partial charge in [0.25, 0.3) is 0 Å². The van der Waals surface area contributed by atoms with Crippen molar-refractivity contribution in [2.24, 2.45) is 0 Å². The second-order valence-corrected chi connectivity index (χ2v) is 5.37. The molecule has 0 N–H and O–H groups in total. The fourth-order valence-electron chi connectivity index (χ4n) is 0.691. The van der Waals surface area contributed by atoms with Gasteiger partial charge in [-0.25, -0.2) is 0 Å². The van der Waals surface area contributed by atoms with Gasteiger partial charge in [-0.15, -0.1) is 11.3 Å². The van der Waals surface area contributed by atoms with Crippen molar-refractivity contribution < 1.29 is 0 Å². The van der Waals surface area contributed by atoms with E-state index < -0.39 is 0 Å². The lowest BCUT2D eigenvalue weighted by molar-refractivity contribution is 1.45. The second kappa shape index (κ2) is 4.26. The van der Waals surface area contributed by atoms with Gasteiger partial charge >= 0.3 is 0 Å². The fourth-order valence-corrected chi connectivity index (χ4v) is 2.24. The largest absolute Gasteiger partial charge is 0.193 e. The van der Waals surface area contributed by atoms with E-state index in [-0.39, 0.29) is 0 Å². The quantitative estimate of drug-likeness (QED) is 0.571. The van der Waals surface area contributed by atoms with E-state index in [2.05, 4.69) is 22.6 Å². The number of thiophene rings is 1. The van der Waals surface area contributed by atoms with Gasteiger partial charge in [0.15, 0.2) is 0 Å². The standard InChI is InChI=1S/C8H5ClINS/c1-5(3-11)8(9)6-2-7(10)12-4-6/h2,4H,1H3. The molecule has 1 nitrogen and oxygen atoms in total. The van der Waals surface area contributed by atoms with Gasteiger partial charge in [0.2, 0.25) is 0 Å². The van der Waals surface area contributed by atoms with Crippen molar-refractivity contribution in [3.05, 3.63) is 25.5 Å². The molecule has 0 unspecified atom stereocenters. The van der Waals surface area contributed by atoms with Crippen molar-refractivity contribution in [1.82, 2.24) is 0 Å². The van der Waals surface area contributed by atoms with Crippen LogP contribution in [0.15, 0.2) is 17.0 Å². The summed E-state index contributed by atoms with van der Waals surface area (Å²) in [5.41, 5.74) is 1.50. The average Bonchev–Trinajstić information content (AvgIpc) is 2.49. The molecule has 0 amide bonds. The fraction of sp³-hybridized carbons (Fsp3) is 0.125. The first-order chi connectivity index (χ1) is 5.65. The van der Waals surface area contributed by atoms with Crippen molar-refractivity contribution in [2.75, 3.05) is 0 Å². The maximum absolute atomic E-state index is 8.58. The van der Waals surface area contributed by atoms with Crippen LogP contribution in [0.3, 0.4) is 0 Å². The molecule has 0 fully saturated rings. The molecule has 0 atom stereocenters. The highest BCUT2D eigenvalue weighted by atomic mass is 127. The summed E-state index contributed by atoms with van der Waals surface area (Å²) in [6.45, 7) is 1.72. The van der Waals surface area contributed by atoms with E-state index in [0.29, 0.717) is 10.6 Å². The Bertz CT molecular complexity index is 361. The Morgan fingerprint density at radius 2 is 2.42 bits per heavy atom. The summed E-state index contributed by atoms with van der Waals surface area (Å²) in [5.74, 6) is 0. The van der Waals surface area contributed by atoms with Crippen molar-refractivity contribution in [3.8, 4) is 6.07 Å². The van der Waals surface area contributed by atoms with Gasteiger partial charge in [-0.05, 0) is 35.6 Å². The van der Waals surface area contributed by atoms with Gasteiger partial charge in [0.05, 0.1) is 14.0 Å². The molecule has 0 radical (unpaired) electrons. The molecule has 0 aromatic carbocycles. The molecule has 4 heteroatoms. The van der Waals surface area contributed by atoms with Crippen molar-refractivity contribution in [3.63, 3.8) is 0 Å². The average molecular weight is 310 g/mol. The molecule has 1 heterocycles. The van der Waals surface area contributed by atoms with Gasteiger partial charge in [-0.3, -0.25) is 0 Å². The molecule has 0 spiro atoms. The summed E-state index contributed by atoms with van der Waals surface area (Å²) in [4.78, 5) is 0. The Morgan fingerprint density at radius 1 is 1.75 bits per heavy atom. The number of allylic oxidation sites excluding steroid dienone is 1. The molecule has 12 heavy (non-hydrogen) atoms. The normalized spacial score (nSPS) is 12.2. The lowest BCUT2D eigenvalue weighted by Gasteiger charge is -1.93. The molecule has 0 aliphatic carbocycles. The zero-order valence-electron chi connectivity index (χ0n) is 6.27. The summed E-state index contributed by atoms with van der Waals surface area (Å²) in [6.07, 6.45) is 0. The topological polar surface area (TPSA) is 23.8 Å². The van der Waals surface area contributed by atoms with Crippen LogP contribution in [-0.2, 0) is 0 Å². The van der Waals surface area contributed by atoms with Crippen LogP contribution >= 0.6 is 45.5 Å². The third-order valence-corrected chi connectivity index (χ3v) is 3.61. The summed E-state index contributed by atoms with van der Waals surface area (Å²) in [7, 11) is 0. The van der Waals surface area contributed by atoms with Crippen LogP contribution in [0.1, 0.15) is 12.5 Å². The van der Waals surface area contributed by atoms with Crippen LogP contribution in [-0.4, -0.2) is 0 Å². The maximum atomic E-state index is 8.58. The monoisotopic (exact) mass is 309 g/mol. The van der Waals surface area contributed by atoms with E-state index in [9.17, 15) is 0 Å². The molecule has 0 saturated heterocycles. The van der Waals surface area contributed by atoms with Gasteiger partial charge in [0.1, 0.15) is 0 Å². The molecule has 1 aromatic heterocycles. The SMILES string of the molecule is CC(C#N)=C(Cl)c1csc(I)c1. The summed E-state index contributed by atoms with van der Waals surface area (Å²) in [5, 5.41) is 11.1. The highest BCUT2D eigenvalue weighted by molar-refractivity contribution is 14.1. The summed E-state index contributed by atoms with van der Waals surface area (Å²) >= 11 is 9.77. The summed E-state index contributed by atoms with van der Waals surface area (Å²) in [6, 6.07) is 3.99. The Hall–Kier alpha value is -0.0500. The first kappa shape index (κ1) is 10.0. The zero-order chi connectivity index (χ0) is 9.14. The zero-order valence-corrected chi connectivity index (χ0v) is 10.00. The van der Waals surface area contributed by atoms with Crippen molar-refractivity contribution in [2.45, 2.75) is 6.92 Å². The van der Waals surface area contributed by atoms with E-state index in [4.69, 9.17) is 16.9 Å². The molecular formula is C8H5ClINS. The first-order valence-electron chi connectivity index (χ1n) is 3.16. The Morgan fingerprint density at radius 3 is 2.83 bits per heavy atom. The molecule has 0 aliphatic heterocycles. The minimum atomic E-state index is 0.552. The number of halogens is 2. The molecule has 0 aliphatic rings. The third-order valence-electron chi connectivity index (χ3n) is 1.32. The molecule has 0 bridgehead atoms. The lowest BCUT2D eigenvalue weighted by Crippen LogP contribution is -1.75. The predicted molar refractivity (Wildman–Crippen MR) is 61.1 cm³/mol. The van der Waals surface area contributed by atoms with E-state index in [0.717, 1.165) is 5.56 Å². The van der Waals surface area contributed by atoms with E-state index in [1.807, 2.05) is 17.5 Å². The molecule has 0 saturated carbocycles. The van der Waals surface area contributed by atoms with Crippen LogP contribution in [0.25, 0.3) is 5.03 Å². The van der Waals surface area contributed by atoms with Crippen molar-refractivity contribution in [1.29, 1.82) is 5.26 Å². The van der Waals surface area contributed by atoms with Gasteiger partial charge < -0.3 is 0 Å². The van der Waals surface area contributed by atoms with E-state index >= 15 is 0 Å². The first-order valence-corrected chi connectivity index (χ1v) is 5.49. The van der Waals surface area contributed by atoms with Crippen LogP contribution < -0.4 is 0 Å². The number of nitrogens with zero attached hydrogens (tertiary/aromatic N) is 1. The minimum Gasteiger partial charge on any atom is -0.193 e. The molecule has 62 valence electrons.